The highest BCUT2D eigenvalue weighted by Gasteiger charge is 2.08. The van der Waals surface area contributed by atoms with Gasteiger partial charge in [-0.2, -0.15) is 0 Å². The van der Waals surface area contributed by atoms with Crippen LogP contribution in [0.25, 0.3) is 0 Å². The predicted molar refractivity (Wildman–Crippen MR) is 70.4 cm³/mol. The summed E-state index contributed by atoms with van der Waals surface area (Å²) >= 11 is 1.44. The Morgan fingerprint density at radius 2 is 2.00 bits per heavy atom. The van der Waals surface area contributed by atoms with E-state index < -0.39 is 5.82 Å². The Bertz CT molecular complexity index is 554. The molecule has 2 aromatic rings. The number of aryl methyl sites for hydroxylation is 1. The third-order valence-electron chi connectivity index (χ3n) is 2.42. The Labute approximate surface area is 109 Å². The molecule has 2 rings (SSSR count). The van der Waals surface area contributed by atoms with E-state index in [-0.39, 0.29) is 11.5 Å². The largest absolute Gasteiger partial charge is 0.293 e. The van der Waals surface area contributed by atoms with Gasteiger partial charge in [-0.25, -0.2) is 4.39 Å². The molecule has 0 saturated carbocycles. The van der Waals surface area contributed by atoms with Gasteiger partial charge in [0.1, 0.15) is 5.82 Å². The van der Waals surface area contributed by atoms with Crippen molar-refractivity contribution in [2.45, 2.75) is 11.8 Å². The van der Waals surface area contributed by atoms with E-state index in [2.05, 4.69) is 4.98 Å². The third-order valence-corrected chi connectivity index (χ3v) is 3.43. The number of nitrogens with zero attached hydrogens (tertiary/aromatic N) is 1. The number of rotatable bonds is 4. The van der Waals surface area contributed by atoms with Crippen LogP contribution >= 0.6 is 11.8 Å². The van der Waals surface area contributed by atoms with E-state index in [0.29, 0.717) is 5.56 Å². The quantitative estimate of drug-likeness (QED) is 0.623. The first-order valence-electron chi connectivity index (χ1n) is 5.48. The van der Waals surface area contributed by atoms with Gasteiger partial charge in [-0.05, 0) is 25.1 Å². The summed E-state index contributed by atoms with van der Waals surface area (Å²) in [5, 5.41) is 0. The highest BCUT2D eigenvalue weighted by Crippen LogP contribution is 2.19. The standard InChI is InChI=1S/C14H12FNOS/c1-10-2-4-13(5-3-10)18-9-14(17)11-6-12(15)8-16-7-11/h2-8H,9H2,1H3. The van der Waals surface area contributed by atoms with Gasteiger partial charge in [0.15, 0.2) is 5.78 Å². The van der Waals surface area contributed by atoms with E-state index in [1.807, 2.05) is 31.2 Å². The summed E-state index contributed by atoms with van der Waals surface area (Å²) in [4.78, 5) is 16.5. The fourth-order valence-electron chi connectivity index (χ4n) is 1.43. The Morgan fingerprint density at radius 1 is 1.28 bits per heavy atom. The van der Waals surface area contributed by atoms with Crippen molar-refractivity contribution in [1.29, 1.82) is 0 Å². The van der Waals surface area contributed by atoms with Crippen molar-refractivity contribution >= 4 is 17.5 Å². The molecule has 0 radical (unpaired) electrons. The minimum absolute atomic E-state index is 0.118. The van der Waals surface area contributed by atoms with Crippen LogP contribution in [0.3, 0.4) is 0 Å². The minimum atomic E-state index is -0.485. The van der Waals surface area contributed by atoms with E-state index in [1.165, 1.54) is 29.6 Å². The summed E-state index contributed by atoms with van der Waals surface area (Å²) in [7, 11) is 0. The van der Waals surface area contributed by atoms with Gasteiger partial charge in [0.2, 0.25) is 0 Å². The number of ketones is 1. The first-order valence-corrected chi connectivity index (χ1v) is 6.47. The molecule has 0 aliphatic rings. The summed E-state index contributed by atoms with van der Waals surface area (Å²) in [6, 6.07) is 9.15. The van der Waals surface area contributed by atoms with Crippen LogP contribution in [0.5, 0.6) is 0 Å². The van der Waals surface area contributed by atoms with Crippen LogP contribution in [0.1, 0.15) is 15.9 Å². The molecule has 0 atom stereocenters. The molecular weight excluding hydrogens is 249 g/mol. The summed E-state index contributed by atoms with van der Waals surface area (Å²) in [5.74, 6) is -0.317. The van der Waals surface area contributed by atoms with Crippen molar-refractivity contribution in [3.8, 4) is 0 Å². The van der Waals surface area contributed by atoms with Gasteiger partial charge in [0.05, 0.1) is 11.9 Å². The summed E-state index contributed by atoms with van der Waals surface area (Å²) in [6.07, 6.45) is 2.48. The zero-order chi connectivity index (χ0) is 13.0. The van der Waals surface area contributed by atoms with Crippen molar-refractivity contribution in [2.75, 3.05) is 5.75 Å². The lowest BCUT2D eigenvalue weighted by Gasteiger charge is -2.02. The van der Waals surface area contributed by atoms with E-state index in [4.69, 9.17) is 0 Å². The van der Waals surface area contributed by atoms with Crippen LogP contribution in [0, 0.1) is 12.7 Å². The topological polar surface area (TPSA) is 30.0 Å². The molecule has 0 fully saturated rings. The number of thioether (sulfide) groups is 1. The second kappa shape index (κ2) is 5.78. The van der Waals surface area contributed by atoms with Gasteiger partial charge in [-0.3, -0.25) is 9.78 Å². The molecule has 0 aliphatic carbocycles. The van der Waals surface area contributed by atoms with Crippen molar-refractivity contribution in [1.82, 2.24) is 4.98 Å². The fourth-order valence-corrected chi connectivity index (χ4v) is 2.22. The highest BCUT2D eigenvalue weighted by atomic mass is 32.2. The predicted octanol–water partition coefficient (Wildman–Crippen LogP) is 3.50. The lowest BCUT2D eigenvalue weighted by Crippen LogP contribution is -2.03. The van der Waals surface area contributed by atoms with Crippen LogP contribution < -0.4 is 0 Å². The van der Waals surface area contributed by atoms with Gasteiger partial charge >= 0.3 is 0 Å². The first-order chi connectivity index (χ1) is 8.65. The van der Waals surface area contributed by atoms with Gasteiger partial charge in [0, 0.05) is 16.7 Å². The van der Waals surface area contributed by atoms with Gasteiger partial charge < -0.3 is 0 Å². The molecule has 1 aromatic carbocycles. The van der Waals surface area contributed by atoms with E-state index >= 15 is 0 Å². The monoisotopic (exact) mass is 261 g/mol. The Hall–Kier alpha value is -1.68. The van der Waals surface area contributed by atoms with Crippen molar-refractivity contribution in [2.24, 2.45) is 0 Å². The Balaban J connectivity index is 1.98. The molecule has 0 spiro atoms. The molecule has 0 saturated heterocycles. The van der Waals surface area contributed by atoms with Gasteiger partial charge in [-0.1, -0.05) is 17.7 Å². The third kappa shape index (κ3) is 3.40. The van der Waals surface area contributed by atoms with Crippen molar-refractivity contribution in [3.63, 3.8) is 0 Å². The number of hydrogen-bond acceptors (Lipinski definition) is 3. The van der Waals surface area contributed by atoms with Crippen LogP contribution in [0.2, 0.25) is 0 Å². The Morgan fingerprint density at radius 3 is 2.67 bits per heavy atom. The molecule has 2 nitrogen and oxygen atoms in total. The molecule has 1 heterocycles. The number of Topliss-reactive ketones (excluding diaryl/α,β-unsaturated/α-hetero) is 1. The molecular formula is C14H12FNOS. The van der Waals surface area contributed by atoms with E-state index in [0.717, 1.165) is 11.1 Å². The number of halogens is 1. The van der Waals surface area contributed by atoms with Crippen molar-refractivity contribution < 1.29 is 9.18 Å². The van der Waals surface area contributed by atoms with Crippen molar-refractivity contribution in [3.05, 3.63) is 59.7 Å². The second-order valence-electron chi connectivity index (χ2n) is 3.92. The maximum Gasteiger partial charge on any atom is 0.174 e. The molecule has 4 heteroatoms. The highest BCUT2D eigenvalue weighted by molar-refractivity contribution is 8.00. The average Bonchev–Trinajstić information content (AvgIpc) is 2.38. The molecule has 1 aromatic heterocycles. The smallest absolute Gasteiger partial charge is 0.174 e. The number of pyridine rings is 1. The molecule has 0 unspecified atom stereocenters. The lowest BCUT2D eigenvalue weighted by atomic mass is 10.2. The Kier molecular flexibility index (Phi) is 4.10. The summed E-state index contributed by atoms with van der Waals surface area (Å²) in [6.45, 7) is 2.01. The zero-order valence-corrected chi connectivity index (χ0v) is 10.7. The zero-order valence-electron chi connectivity index (χ0n) is 9.89. The van der Waals surface area contributed by atoms with Crippen LogP contribution in [-0.2, 0) is 0 Å². The van der Waals surface area contributed by atoms with Crippen LogP contribution in [0.4, 0.5) is 4.39 Å². The molecule has 18 heavy (non-hydrogen) atoms. The van der Waals surface area contributed by atoms with Gasteiger partial charge in [-0.15, -0.1) is 11.8 Å². The molecule has 0 N–H and O–H groups in total. The second-order valence-corrected chi connectivity index (χ2v) is 4.97. The average molecular weight is 261 g/mol. The number of carbonyl (C=O) groups is 1. The molecule has 92 valence electrons. The summed E-state index contributed by atoms with van der Waals surface area (Å²) < 4.78 is 12.9. The minimum Gasteiger partial charge on any atom is -0.293 e. The molecule has 0 amide bonds. The number of benzene rings is 1. The maximum absolute atomic E-state index is 12.9. The first kappa shape index (κ1) is 12.8. The number of aromatic nitrogens is 1. The van der Waals surface area contributed by atoms with E-state index in [9.17, 15) is 9.18 Å². The van der Waals surface area contributed by atoms with Crippen LogP contribution in [-0.4, -0.2) is 16.5 Å². The maximum atomic E-state index is 12.9. The summed E-state index contributed by atoms with van der Waals surface area (Å²) in [5.41, 5.74) is 1.50. The lowest BCUT2D eigenvalue weighted by molar-refractivity contribution is 0.102. The van der Waals surface area contributed by atoms with E-state index in [1.54, 1.807) is 0 Å². The SMILES string of the molecule is Cc1ccc(SCC(=O)c2cncc(F)c2)cc1. The number of carbonyl (C=O) groups excluding carboxylic acids is 1. The molecule has 0 bridgehead atoms. The normalized spacial score (nSPS) is 10.3. The number of hydrogen-bond donors (Lipinski definition) is 0. The van der Waals surface area contributed by atoms with Crippen LogP contribution in [0.15, 0.2) is 47.6 Å². The van der Waals surface area contributed by atoms with Gasteiger partial charge in [0.25, 0.3) is 0 Å². The molecule has 0 aliphatic heterocycles. The fraction of sp³-hybridized carbons (Fsp3) is 0.143.